The zero-order valence-corrected chi connectivity index (χ0v) is 15.4. The summed E-state index contributed by atoms with van der Waals surface area (Å²) in [6.45, 7) is 6.96. The summed E-state index contributed by atoms with van der Waals surface area (Å²) in [5.41, 5.74) is 0. The Hall–Kier alpha value is -1.73. The van der Waals surface area contributed by atoms with Crippen molar-refractivity contribution in [1.82, 2.24) is 19.8 Å². The van der Waals surface area contributed by atoms with Crippen LogP contribution in [-0.2, 0) is 9.53 Å². The van der Waals surface area contributed by atoms with Crippen LogP contribution in [0.15, 0.2) is 18.6 Å². The minimum atomic E-state index is 0.167. The van der Waals surface area contributed by atoms with E-state index in [0.29, 0.717) is 25.2 Å². The summed E-state index contributed by atoms with van der Waals surface area (Å²) >= 11 is 0. The number of likely N-dealkylation sites (tertiary alicyclic amines) is 1. The van der Waals surface area contributed by atoms with Gasteiger partial charge >= 0.3 is 0 Å². The number of piperidine rings is 2. The van der Waals surface area contributed by atoms with Crippen molar-refractivity contribution in [2.45, 2.75) is 31.7 Å². The smallest absolute Gasteiger partial charge is 0.227 e. The van der Waals surface area contributed by atoms with Gasteiger partial charge in [0.2, 0.25) is 5.91 Å². The number of morpholine rings is 1. The molecular weight excluding hydrogens is 330 g/mol. The molecule has 0 spiro atoms. The predicted octanol–water partition coefficient (Wildman–Crippen LogP) is 1.02. The van der Waals surface area contributed by atoms with Crippen LogP contribution in [0.25, 0.3) is 0 Å². The number of hydrogen-bond donors (Lipinski definition) is 0. The topological polar surface area (TPSA) is 61.8 Å². The maximum Gasteiger partial charge on any atom is 0.227 e. The summed E-state index contributed by atoms with van der Waals surface area (Å²) in [5, 5.41) is 0. The van der Waals surface area contributed by atoms with Gasteiger partial charge < -0.3 is 14.5 Å². The Morgan fingerprint density at radius 1 is 1.04 bits per heavy atom. The molecule has 142 valence electrons. The van der Waals surface area contributed by atoms with Crippen molar-refractivity contribution in [1.29, 1.82) is 0 Å². The summed E-state index contributed by atoms with van der Waals surface area (Å²) in [5.74, 6) is 1.49. The Bertz CT molecular complexity index is 585. The van der Waals surface area contributed by atoms with Gasteiger partial charge in [-0.1, -0.05) is 0 Å². The average Bonchev–Trinajstić information content (AvgIpc) is 2.75. The minimum absolute atomic E-state index is 0.167. The summed E-state index contributed by atoms with van der Waals surface area (Å²) in [4.78, 5) is 28.3. The van der Waals surface area contributed by atoms with Crippen molar-refractivity contribution in [2.75, 3.05) is 57.4 Å². The molecule has 3 saturated heterocycles. The number of nitrogens with zero attached hydrogens (tertiary/aromatic N) is 5. The van der Waals surface area contributed by atoms with E-state index in [9.17, 15) is 4.79 Å². The molecule has 3 aliphatic rings. The molecule has 4 rings (SSSR count). The minimum Gasteiger partial charge on any atom is -0.378 e. The largest absolute Gasteiger partial charge is 0.378 e. The van der Waals surface area contributed by atoms with Crippen molar-refractivity contribution < 1.29 is 9.53 Å². The average molecular weight is 359 g/mol. The Morgan fingerprint density at radius 2 is 1.85 bits per heavy atom. The second kappa shape index (κ2) is 8.31. The Labute approximate surface area is 155 Å². The van der Waals surface area contributed by atoms with Crippen LogP contribution in [0.3, 0.4) is 0 Å². The molecule has 1 amide bonds. The van der Waals surface area contributed by atoms with Gasteiger partial charge in [0, 0.05) is 51.2 Å². The van der Waals surface area contributed by atoms with Crippen LogP contribution in [0.1, 0.15) is 25.7 Å². The molecule has 26 heavy (non-hydrogen) atoms. The van der Waals surface area contributed by atoms with E-state index >= 15 is 0 Å². The summed E-state index contributed by atoms with van der Waals surface area (Å²) in [6.07, 6.45) is 9.75. The third kappa shape index (κ3) is 3.99. The van der Waals surface area contributed by atoms with Crippen LogP contribution in [0.4, 0.5) is 5.82 Å². The van der Waals surface area contributed by atoms with Crippen molar-refractivity contribution >= 4 is 11.7 Å². The molecule has 0 aliphatic carbocycles. The van der Waals surface area contributed by atoms with Gasteiger partial charge in [-0.25, -0.2) is 4.98 Å². The Morgan fingerprint density at radius 3 is 2.58 bits per heavy atom. The molecule has 3 fully saturated rings. The van der Waals surface area contributed by atoms with Crippen molar-refractivity contribution in [2.24, 2.45) is 5.92 Å². The molecule has 0 bridgehead atoms. The van der Waals surface area contributed by atoms with Crippen LogP contribution in [0.5, 0.6) is 0 Å². The SMILES string of the molecule is O=C(C1CCCN(C2CCN(c3cnccn3)CC2)C1)N1CCOCC1. The number of anilines is 1. The maximum absolute atomic E-state index is 12.8. The molecule has 7 nitrogen and oxygen atoms in total. The number of carbonyl (C=O) groups excluding carboxylic acids is 1. The lowest BCUT2D eigenvalue weighted by molar-refractivity contribution is -0.141. The first kappa shape index (κ1) is 17.7. The van der Waals surface area contributed by atoms with Gasteiger partial charge in [0.15, 0.2) is 0 Å². The highest BCUT2D eigenvalue weighted by molar-refractivity contribution is 5.79. The summed E-state index contributed by atoms with van der Waals surface area (Å²) in [7, 11) is 0. The second-order valence-electron chi connectivity index (χ2n) is 7.55. The number of aromatic nitrogens is 2. The number of ether oxygens (including phenoxy) is 1. The van der Waals surface area contributed by atoms with E-state index in [0.717, 1.165) is 70.8 Å². The van der Waals surface area contributed by atoms with Gasteiger partial charge in [-0.05, 0) is 32.2 Å². The van der Waals surface area contributed by atoms with Crippen molar-refractivity contribution in [3.05, 3.63) is 18.6 Å². The molecule has 1 unspecified atom stereocenters. The van der Waals surface area contributed by atoms with Gasteiger partial charge in [0.1, 0.15) is 5.82 Å². The van der Waals surface area contributed by atoms with Gasteiger partial charge in [0.05, 0.1) is 25.3 Å². The van der Waals surface area contributed by atoms with E-state index in [4.69, 9.17) is 4.74 Å². The highest BCUT2D eigenvalue weighted by Crippen LogP contribution is 2.26. The third-order valence-electron chi connectivity index (χ3n) is 5.98. The summed E-state index contributed by atoms with van der Waals surface area (Å²) < 4.78 is 5.38. The molecular formula is C19H29N5O2. The van der Waals surface area contributed by atoms with Crippen LogP contribution in [0, 0.1) is 5.92 Å². The Balaban J connectivity index is 1.30. The second-order valence-corrected chi connectivity index (χ2v) is 7.55. The molecule has 3 aliphatic heterocycles. The fraction of sp³-hybridized carbons (Fsp3) is 0.737. The normalized spacial score (nSPS) is 26.1. The zero-order valence-electron chi connectivity index (χ0n) is 15.4. The molecule has 1 aromatic heterocycles. The van der Waals surface area contributed by atoms with Crippen molar-refractivity contribution in [3.63, 3.8) is 0 Å². The summed E-state index contributed by atoms with van der Waals surface area (Å²) in [6, 6.07) is 0.586. The first-order chi connectivity index (χ1) is 12.8. The molecule has 4 heterocycles. The standard InChI is InChI=1S/C19H29N5O2/c25-19(23-10-12-26-13-11-23)16-2-1-7-24(15-16)17-3-8-22(9-4-17)18-14-20-5-6-21-18/h5-6,14,16-17H,1-4,7-13,15H2. The molecule has 1 atom stereocenters. The quantitative estimate of drug-likeness (QED) is 0.803. The lowest BCUT2D eigenvalue weighted by Gasteiger charge is -2.43. The molecule has 0 radical (unpaired) electrons. The highest BCUT2D eigenvalue weighted by Gasteiger charge is 2.34. The van der Waals surface area contributed by atoms with E-state index in [1.165, 1.54) is 0 Å². The first-order valence-electron chi connectivity index (χ1n) is 9.93. The van der Waals surface area contributed by atoms with E-state index in [1.54, 1.807) is 12.4 Å². The lowest BCUT2D eigenvalue weighted by Crippen LogP contribution is -2.52. The number of carbonyl (C=O) groups is 1. The molecule has 1 aromatic rings. The van der Waals surface area contributed by atoms with E-state index in [2.05, 4.69) is 19.8 Å². The lowest BCUT2D eigenvalue weighted by atomic mass is 9.92. The first-order valence-corrected chi connectivity index (χ1v) is 9.93. The van der Waals surface area contributed by atoms with Crippen LogP contribution in [-0.4, -0.2) is 84.2 Å². The number of amides is 1. The van der Waals surface area contributed by atoms with Gasteiger partial charge in [-0.15, -0.1) is 0 Å². The van der Waals surface area contributed by atoms with Gasteiger partial charge in [-0.3, -0.25) is 14.7 Å². The number of rotatable bonds is 3. The van der Waals surface area contributed by atoms with Gasteiger partial charge in [0.25, 0.3) is 0 Å². The van der Waals surface area contributed by atoms with Crippen LogP contribution >= 0.6 is 0 Å². The van der Waals surface area contributed by atoms with E-state index < -0.39 is 0 Å². The molecule has 0 saturated carbocycles. The van der Waals surface area contributed by atoms with Crippen LogP contribution in [0.2, 0.25) is 0 Å². The van der Waals surface area contributed by atoms with E-state index in [1.807, 2.05) is 11.1 Å². The highest BCUT2D eigenvalue weighted by atomic mass is 16.5. The molecule has 0 aromatic carbocycles. The third-order valence-corrected chi connectivity index (χ3v) is 5.98. The monoisotopic (exact) mass is 359 g/mol. The fourth-order valence-corrected chi connectivity index (χ4v) is 4.50. The van der Waals surface area contributed by atoms with Crippen molar-refractivity contribution in [3.8, 4) is 0 Å². The predicted molar refractivity (Wildman–Crippen MR) is 99.0 cm³/mol. The van der Waals surface area contributed by atoms with Crippen LogP contribution < -0.4 is 4.90 Å². The zero-order chi connectivity index (χ0) is 17.8. The van der Waals surface area contributed by atoms with Gasteiger partial charge in [-0.2, -0.15) is 0 Å². The number of hydrogen-bond acceptors (Lipinski definition) is 6. The maximum atomic E-state index is 12.8. The molecule has 7 heteroatoms. The fourth-order valence-electron chi connectivity index (χ4n) is 4.50. The van der Waals surface area contributed by atoms with E-state index in [-0.39, 0.29) is 5.92 Å². The Kier molecular flexibility index (Phi) is 5.65. The molecule has 0 N–H and O–H groups in total.